The molecule has 2 nitrogen and oxygen atoms in total. The molecule has 0 spiro atoms. The number of hydrogen-bond acceptors (Lipinski definition) is 3. The number of thiazole rings is 1. The van der Waals surface area contributed by atoms with Crippen LogP contribution in [0, 0.1) is 19.7 Å². The van der Waals surface area contributed by atoms with Crippen LogP contribution in [0.3, 0.4) is 0 Å². The molecule has 1 aromatic carbocycles. The van der Waals surface area contributed by atoms with Crippen molar-refractivity contribution in [3.63, 3.8) is 0 Å². The molecular formula is C13H14FNOS. The van der Waals surface area contributed by atoms with Gasteiger partial charge in [-0.15, -0.1) is 11.3 Å². The highest BCUT2D eigenvalue weighted by Crippen LogP contribution is 2.22. The van der Waals surface area contributed by atoms with Crippen LogP contribution in [-0.2, 0) is 6.42 Å². The Hall–Kier alpha value is -1.26. The van der Waals surface area contributed by atoms with E-state index >= 15 is 0 Å². The molecule has 1 N–H and O–H groups in total. The number of aliphatic hydroxyl groups excluding tert-OH is 1. The van der Waals surface area contributed by atoms with Crippen LogP contribution in [0.4, 0.5) is 4.39 Å². The fourth-order valence-electron chi connectivity index (χ4n) is 1.73. The molecule has 0 aliphatic carbocycles. The van der Waals surface area contributed by atoms with Gasteiger partial charge in [-0.3, -0.25) is 0 Å². The molecule has 0 aliphatic heterocycles. The van der Waals surface area contributed by atoms with E-state index in [-0.39, 0.29) is 5.82 Å². The largest absolute Gasteiger partial charge is 0.388 e. The van der Waals surface area contributed by atoms with E-state index < -0.39 is 6.10 Å². The second kappa shape index (κ2) is 4.94. The zero-order valence-corrected chi connectivity index (χ0v) is 10.6. The maximum atomic E-state index is 13.6. The second-order valence-corrected chi connectivity index (χ2v) is 5.16. The van der Waals surface area contributed by atoms with Crippen molar-refractivity contribution in [2.24, 2.45) is 0 Å². The smallest absolute Gasteiger partial charge is 0.129 e. The summed E-state index contributed by atoms with van der Waals surface area (Å²) in [5.74, 6) is -0.366. The number of benzene rings is 1. The highest BCUT2D eigenvalue weighted by molar-refractivity contribution is 7.09. The Balaban J connectivity index is 2.19. The first-order valence-electron chi connectivity index (χ1n) is 5.41. The minimum atomic E-state index is -0.837. The second-order valence-electron chi connectivity index (χ2n) is 4.10. The molecule has 1 heterocycles. The van der Waals surface area contributed by atoms with Gasteiger partial charge < -0.3 is 5.11 Å². The molecule has 0 bridgehead atoms. The van der Waals surface area contributed by atoms with E-state index in [0.29, 0.717) is 12.0 Å². The van der Waals surface area contributed by atoms with E-state index in [4.69, 9.17) is 0 Å². The van der Waals surface area contributed by atoms with Crippen molar-refractivity contribution in [1.82, 2.24) is 4.98 Å². The Kier molecular flexibility index (Phi) is 3.54. The van der Waals surface area contributed by atoms with Crippen LogP contribution >= 0.6 is 11.3 Å². The molecule has 4 heteroatoms. The summed E-state index contributed by atoms with van der Waals surface area (Å²) in [4.78, 5) is 4.26. The van der Waals surface area contributed by atoms with Gasteiger partial charge in [0.1, 0.15) is 5.82 Å². The van der Waals surface area contributed by atoms with Crippen LogP contribution in [0.5, 0.6) is 0 Å². The van der Waals surface area contributed by atoms with Gasteiger partial charge in [-0.25, -0.2) is 9.37 Å². The van der Waals surface area contributed by atoms with Crippen molar-refractivity contribution in [2.45, 2.75) is 26.4 Å². The molecule has 2 rings (SSSR count). The molecule has 0 saturated carbocycles. The lowest BCUT2D eigenvalue weighted by Crippen LogP contribution is -2.05. The number of aliphatic hydroxyl groups is 1. The third kappa shape index (κ3) is 2.90. The summed E-state index contributed by atoms with van der Waals surface area (Å²) >= 11 is 1.53. The van der Waals surface area contributed by atoms with E-state index in [1.807, 2.05) is 19.2 Å². The van der Waals surface area contributed by atoms with Crippen molar-refractivity contribution in [3.05, 3.63) is 51.2 Å². The highest BCUT2D eigenvalue weighted by Gasteiger charge is 2.14. The van der Waals surface area contributed by atoms with Crippen molar-refractivity contribution in [1.29, 1.82) is 0 Å². The minimum absolute atomic E-state index is 0.343. The maximum Gasteiger partial charge on any atom is 0.129 e. The summed E-state index contributed by atoms with van der Waals surface area (Å²) in [5.41, 5.74) is 2.09. The number of rotatable bonds is 3. The lowest BCUT2D eigenvalue weighted by molar-refractivity contribution is 0.172. The monoisotopic (exact) mass is 251 g/mol. The highest BCUT2D eigenvalue weighted by atomic mass is 32.1. The van der Waals surface area contributed by atoms with Crippen LogP contribution in [0.25, 0.3) is 0 Å². The fourth-order valence-corrected chi connectivity index (χ4v) is 2.35. The molecular weight excluding hydrogens is 237 g/mol. The Morgan fingerprint density at radius 3 is 2.82 bits per heavy atom. The SMILES string of the molecule is Cc1ccc(F)c(C(O)Cc2csc(C)n2)c1. The summed E-state index contributed by atoms with van der Waals surface area (Å²) in [7, 11) is 0. The first-order chi connectivity index (χ1) is 8.06. The Labute approximate surface area is 104 Å². The zero-order chi connectivity index (χ0) is 12.4. The van der Waals surface area contributed by atoms with Crippen molar-refractivity contribution < 1.29 is 9.50 Å². The summed E-state index contributed by atoms with van der Waals surface area (Å²) in [6, 6.07) is 4.76. The third-order valence-electron chi connectivity index (χ3n) is 2.58. The average molecular weight is 251 g/mol. The van der Waals surface area contributed by atoms with Crippen molar-refractivity contribution in [2.75, 3.05) is 0 Å². The van der Waals surface area contributed by atoms with E-state index in [9.17, 15) is 9.50 Å². The van der Waals surface area contributed by atoms with Crippen LogP contribution in [-0.4, -0.2) is 10.1 Å². The minimum Gasteiger partial charge on any atom is -0.388 e. The zero-order valence-electron chi connectivity index (χ0n) is 9.77. The van der Waals surface area contributed by atoms with Crippen molar-refractivity contribution in [3.8, 4) is 0 Å². The molecule has 1 atom stereocenters. The average Bonchev–Trinajstić information content (AvgIpc) is 2.67. The quantitative estimate of drug-likeness (QED) is 0.909. The number of halogens is 1. The Morgan fingerprint density at radius 2 is 2.18 bits per heavy atom. The molecule has 1 aromatic heterocycles. The predicted octanol–water partition coefficient (Wildman–Crippen LogP) is 3.18. The molecule has 0 radical (unpaired) electrons. The number of aromatic nitrogens is 1. The normalized spacial score (nSPS) is 12.7. The summed E-state index contributed by atoms with van der Waals surface area (Å²) in [6.07, 6.45) is -0.485. The van der Waals surface area contributed by atoms with E-state index in [2.05, 4.69) is 4.98 Å². The summed E-state index contributed by atoms with van der Waals surface area (Å²) in [5, 5.41) is 12.9. The predicted molar refractivity (Wildman–Crippen MR) is 66.7 cm³/mol. The number of hydrogen-bond donors (Lipinski definition) is 1. The topological polar surface area (TPSA) is 33.1 Å². The molecule has 0 saturated heterocycles. The summed E-state index contributed by atoms with van der Waals surface area (Å²) < 4.78 is 13.6. The number of aryl methyl sites for hydroxylation is 2. The fraction of sp³-hybridized carbons (Fsp3) is 0.308. The summed E-state index contributed by atoms with van der Waals surface area (Å²) in [6.45, 7) is 3.79. The lowest BCUT2D eigenvalue weighted by Gasteiger charge is -2.11. The van der Waals surface area contributed by atoms with E-state index in [1.54, 1.807) is 12.1 Å². The molecule has 2 aromatic rings. The maximum absolute atomic E-state index is 13.6. The molecule has 0 amide bonds. The molecule has 17 heavy (non-hydrogen) atoms. The molecule has 0 fully saturated rings. The van der Waals surface area contributed by atoms with Gasteiger partial charge in [-0.2, -0.15) is 0 Å². The lowest BCUT2D eigenvalue weighted by atomic mass is 10.0. The van der Waals surface area contributed by atoms with E-state index in [0.717, 1.165) is 16.3 Å². The van der Waals surface area contributed by atoms with Crippen LogP contribution in [0.2, 0.25) is 0 Å². The van der Waals surface area contributed by atoms with Crippen LogP contribution < -0.4 is 0 Å². The Morgan fingerprint density at radius 1 is 1.41 bits per heavy atom. The molecule has 90 valence electrons. The van der Waals surface area contributed by atoms with Crippen molar-refractivity contribution >= 4 is 11.3 Å². The first-order valence-corrected chi connectivity index (χ1v) is 6.29. The number of nitrogens with zero attached hydrogens (tertiary/aromatic N) is 1. The van der Waals surface area contributed by atoms with E-state index in [1.165, 1.54) is 17.4 Å². The van der Waals surface area contributed by atoms with Crippen LogP contribution in [0.1, 0.15) is 27.9 Å². The molecule has 1 unspecified atom stereocenters. The van der Waals surface area contributed by atoms with Gasteiger partial charge in [0.05, 0.1) is 16.8 Å². The molecule has 0 aliphatic rings. The van der Waals surface area contributed by atoms with Crippen LogP contribution in [0.15, 0.2) is 23.6 Å². The van der Waals surface area contributed by atoms with Gasteiger partial charge in [0, 0.05) is 17.4 Å². The van der Waals surface area contributed by atoms with Gasteiger partial charge in [0.15, 0.2) is 0 Å². The van der Waals surface area contributed by atoms with Gasteiger partial charge in [0.2, 0.25) is 0 Å². The van der Waals surface area contributed by atoms with Gasteiger partial charge in [-0.1, -0.05) is 17.7 Å². The van der Waals surface area contributed by atoms with Gasteiger partial charge >= 0.3 is 0 Å². The van der Waals surface area contributed by atoms with Gasteiger partial charge in [0.25, 0.3) is 0 Å². The Bertz CT molecular complexity index is 524. The first kappa shape index (κ1) is 12.2. The third-order valence-corrected chi connectivity index (χ3v) is 3.40. The standard InChI is InChI=1S/C13H14FNOS/c1-8-3-4-12(14)11(5-8)13(16)6-10-7-17-9(2)15-10/h3-5,7,13,16H,6H2,1-2H3. The van der Waals surface area contributed by atoms with Gasteiger partial charge in [-0.05, 0) is 19.9 Å².